The molecule has 3 aromatic rings. The molecule has 2 heterocycles. The van der Waals surface area contributed by atoms with Crippen molar-refractivity contribution in [2.75, 3.05) is 7.05 Å². The molecule has 1 aliphatic heterocycles. The number of hydrogen-bond acceptors (Lipinski definition) is 5. The molecule has 9 heteroatoms. The fourth-order valence-electron chi connectivity index (χ4n) is 4.40. The fourth-order valence-corrected chi connectivity index (χ4v) is 4.40. The average Bonchev–Trinajstić information content (AvgIpc) is 3.10. The molecular formula is C26H27F2N3O4. The van der Waals surface area contributed by atoms with Gasteiger partial charge in [0.25, 0.3) is 5.91 Å². The van der Waals surface area contributed by atoms with Crippen LogP contribution in [0.4, 0.5) is 8.78 Å². The lowest BCUT2D eigenvalue weighted by atomic mass is 10.0. The van der Waals surface area contributed by atoms with Crippen molar-refractivity contribution in [3.05, 3.63) is 53.3 Å². The van der Waals surface area contributed by atoms with Crippen molar-refractivity contribution in [2.24, 2.45) is 0 Å². The van der Waals surface area contributed by atoms with E-state index < -0.39 is 24.4 Å². The number of aliphatic hydroxyl groups is 2. The van der Waals surface area contributed by atoms with Gasteiger partial charge in [-0.05, 0) is 50.6 Å². The van der Waals surface area contributed by atoms with E-state index in [-0.39, 0.29) is 29.3 Å². The van der Waals surface area contributed by atoms with Crippen molar-refractivity contribution in [1.82, 2.24) is 14.5 Å². The highest BCUT2D eigenvalue weighted by atomic mass is 19.3. The summed E-state index contributed by atoms with van der Waals surface area (Å²) in [4.78, 5) is 19.6. The molecule has 0 radical (unpaired) electrons. The minimum absolute atomic E-state index is 0.0820. The first-order chi connectivity index (χ1) is 16.5. The van der Waals surface area contributed by atoms with Crippen LogP contribution in [-0.4, -0.2) is 55.9 Å². The van der Waals surface area contributed by atoms with E-state index in [9.17, 15) is 23.8 Å². The van der Waals surface area contributed by atoms with E-state index in [1.807, 2.05) is 6.92 Å². The van der Waals surface area contributed by atoms with Gasteiger partial charge in [-0.15, -0.1) is 0 Å². The summed E-state index contributed by atoms with van der Waals surface area (Å²) in [5.41, 5.74) is 1.07. The van der Waals surface area contributed by atoms with E-state index in [1.165, 1.54) is 12.1 Å². The van der Waals surface area contributed by atoms with Gasteiger partial charge in [0.15, 0.2) is 5.75 Å². The summed E-state index contributed by atoms with van der Waals surface area (Å²) >= 11 is 0. The van der Waals surface area contributed by atoms with Crippen molar-refractivity contribution in [3.63, 3.8) is 0 Å². The molecule has 0 bridgehead atoms. The SMILES string of the molecule is CCC1c2nc3ccc(C#CC(O)CC(C)(C)O)cc3n2-c2c(OC(F)F)cccc2C(=O)N1C. The third-order valence-corrected chi connectivity index (χ3v) is 5.90. The molecule has 7 nitrogen and oxygen atoms in total. The second-order valence-corrected chi connectivity index (χ2v) is 9.18. The molecule has 2 unspecified atom stereocenters. The Labute approximate surface area is 202 Å². The number of carbonyl (C=O) groups excluding carboxylic acids is 1. The molecule has 0 saturated heterocycles. The van der Waals surface area contributed by atoms with Crippen LogP contribution in [0.3, 0.4) is 0 Å². The van der Waals surface area contributed by atoms with Crippen LogP contribution in [0.15, 0.2) is 36.4 Å². The lowest BCUT2D eigenvalue weighted by Crippen LogP contribution is -2.30. The van der Waals surface area contributed by atoms with Gasteiger partial charge in [-0.2, -0.15) is 8.78 Å². The van der Waals surface area contributed by atoms with Crippen molar-refractivity contribution >= 4 is 16.9 Å². The molecule has 2 N–H and O–H groups in total. The molecule has 1 aliphatic rings. The predicted molar refractivity (Wildman–Crippen MR) is 127 cm³/mol. The summed E-state index contributed by atoms with van der Waals surface area (Å²) in [5, 5.41) is 20.0. The first-order valence-electron chi connectivity index (χ1n) is 11.3. The third-order valence-electron chi connectivity index (χ3n) is 5.90. The Hall–Kier alpha value is -3.48. The van der Waals surface area contributed by atoms with Crippen molar-refractivity contribution in [3.8, 4) is 23.3 Å². The maximum atomic E-state index is 13.3. The van der Waals surface area contributed by atoms with E-state index in [4.69, 9.17) is 9.72 Å². The van der Waals surface area contributed by atoms with E-state index in [0.29, 0.717) is 28.8 Å². The number of ether oxygens (including phenoxy) is 1. The molecule has 0 spiro atoms. The molecule has 1 amide bonds. The zero-order valence-electron chi connectivity index (χ0n) is 19.9. The molecule has 184 valence electrons. The van der Waals surface area contributed by atoms with E-state index in [0.717, 1.165) is 0 Å². The lowest BCUT2D eigenvalue weighted by molar-refractivity contribution is -0.0498. The lowest BCUT2D eigenvalue weighted by Gasteiger charge is -2.24. The van der Waals surface area contributed by atoms with Gasteiger partial charge < -0.3 is 19.8 Å². The van der Waals surface area contributed by atoms with Crippen LogP contribution in [0.2, 0.25) is 0 Å². The van der Waals surface area contributed by atoms with Gasteiger partial charge in [0.2, 0.25) is 0 Å². The number of carbonyl (C=O) groups is 1. The van der Waals surface area contributed by atoms with Crippen LogP contribution in [0.5, 0.6) is 5.75 Å². The van der Waals surface area contributed by atoms with E-state index in [1.54, 1.807) is 54.6 Å². The quantitative estimate of drug-likeness (QED) is 0.535. The molecule has 35 heavy (non-hydrogen) atoms. The van der Waals surface area contributed by atoms with Gasteiger partial charge in [-0.1, -0.05) is 24.8 Å². The highest BCUT2D eigenvalue weighted by Crippen LogP contribution is 2.40. The zero-order chi connectivity index (χ0) is 25.5. The van der Waals surface area contributed by atoms with Crippen LogP contribution >= 0.6 is 0 Å². The Kier molecular flexibility index (Phi) is 6.54. The van der Waals surface area contributed by atoms with Crippen LogP contribution in [0.1, 0.15) is 61.4 Å². The molecule has 2 atom stereocenters. The number of rotatable bonds is 5. The van der Waals surface area contributed by atoms with Crippen molar-refractivity contribution in [2.45, 2.75) is 58.0 Å². The monoisotopic (exact) mass is 483 g/mol. The minimum Gasteiger partial charge on any atom is -0.433 e. The standard InChI is InChI=1S/C26H27F2N3O4/c1-5-19-23-29-18-12-10-15(9-11-16(32)14-26(2,3)34)13-20(18)31(23)22-17(24(33)30(19)4)7-6-8-21(22)35-25(27)28/h6-8,10,12-13,16,19,25,32,34H,5,14H2,1-4H3. The predicted octanol–water partition coefficient (Wildman–Crippen LogP) is 4.04. The summed E-state index contributed by atoms with van der Waals surface area (Å²) in [7, 11) is 1.66. The highest BCUT2D eigenvalue weighted by Gasteiger charge is 2.35. The third kappa shape index (κ3) is 4.85. The first-order valence-corrected chi connectivity index (χ1v) is 11.3. The molecule has 2 aromatic carbocycles. The number of benzene rings is 2. The van der Waals surface area contributed by atoms with E-state index >= 15 is 0 Å². The number of imidazole rings is 1. The number of fused-ring (bicyclic) bond motifs is 5. The number of amides is 1. The van der Waals surface area contributed by atoms with Crippen LogP contribution < -0.4 is 4.74 Å². The summed E-state index contributed by atoms with van der Waals surface area (Å²) in [6.07, 6.45) is -0.394. The number of nitrogens with zero attached hydrogens (tertiary/aromatic N) is 3. The molecular weight excluding hydrogens is 456 g/mol. The number of aromatic nitrogens is 2. The first kappa shape index (κ1) is 24.6. The maximum Gasteiger partial charge on any atom is 0.387 e. The van der Waals surface area contributed by atoms with Gasteiger partial charge in [0.05, 0.1) is 28.2 Å². The Bertz CT molecular complexity index is 1330. The number of hydrogen-bond donors (Lipinski definition) is 2. The van der Waals surface area contributed by atoms with Gasteiger partial charge in [-0.25, -0.2) is 4.98 Å². The largest absolute Gasteiger partial charge is 0.433 e. The second kappa shape index (κ2) is 9.29. The second-order valence-electron chi connectivity index (χ2n) is 9.18. The number of alkyl halides is 2. The summed E-state index contributed by atoms with van der Waals surface area (Å²) in [6, 6.07) is 9.33. The molecule has 0 aliphatic carbocycles. The number of aliphatic hydroxyl groups excluding tert-OH is 1. The smallest absolute Gasteiger partial charge is 0.387 e. The van der Waals surface area contributed by atoms with E-state index in [2.05, 4.69) is 11.8 Å². The summed E-state index contributed by atoms with van der Waals surface area (Å²) < 4.78 is 33.1. The van der Waals surface area contributed by atoms with Crippen LogP contribution in [0.25, 0.3) is 16.7 Å². The average molecular weight is 484 g/mol. The van der Waals surface area contributed by atoms with Gasteiger partial charge in [-0.3, -0.25) is 9.36 Å². The molecule has 4 rings (SSSR count). The fraction of sp³-hybridized carbons (Fsp3) is 0.385. The molecule has 1 aromatic heterocycles. The highest BCUT2D eigenvalue weighted by molar-refractivity contribution is 6.00. The Morgan fingerprint density at radius 1 is 1.26 bits per heavy atom. The van der Waals surface area contributed by atoms with Gasteiger partial charge in [0.1, 0.15) is 17.6 Å². The Morgan fingerprint density at radius 3 is 2.66 bits per heavy atom. The van der Waals surface area contributed by atoms with Crippen LogP contribution in [0, 0.1) is 11.8 Å². The Balaban J connectivity index is 1.94. The Morgan fingerprint density at radius 2 is 2.00 bits per heavy atom. The van der Waals surface area contributed by atoms with Crippen molar-refractivity contribution in [1.29, 1.82) is 0 Å². The number of halogens is 2. The number of para-hydroxylation sites is 1. The van der Waals surface area contributed by atoms with Gasteiger partial charge >= 0.3 is 6.61 Å². The topological polar surface area (TPSA) is 87.8 Å². The minimum atomic E-state index is -3.07. The summed E-state index contributed by atoms with van der Waals surface area (Å²) in [5.74, 6) is 5.70. The maximum absolute atomic E-state index is 13.3. The van der Waals surface area contributed by atoms with Crippen LogP contribution in [-0.2, 0) is 0 Å². The normalized spacial score (nSPS) is 16.4. The molecule has 0 fully saturated rings. The summed E-state index contributed by atoms with van der Waals surface area (Å²) in [6.45, 7) is 2.03. The van der Waals surface area contributed by atoms with Gasteiger partial charge in [0, 0.05) is 19.0 Å². The van der Waals surface area contributed by atoms with Crippen molar-refractivity contribution < 1.29 is 28.5 Å². The molecule has 0 saturated carbocycles. The zero-order valence-corrected chi connectivity index (χ0v) is 19.9.